The molecule has 2 atom stereocenters. The standard InChI is InChI=1S/C22H21F2N3O4/c23-22(24)30-18-7-6-16(11-19(18)31-22)15-4-2-14(3-5-15)10-17(12-25)27-21(28)20-13-26-8-1-9-29-20/h2-7,11,17,20,26H,1,8-10,13H2,(H,27,28)/t17-,20-/m0/s1. The van der Waals surface area contributed by atoms with Crippen LogP contribution in [0.15, 0.2) is 42.5 Å². The van der Waals surface area contributed by atoms with Gasteiger partial charge in [-0.1, -0.05) is 30.3 Å². The third kappa shape index (κ3) is 5.10. The van der Waals surface area contributed by atoms with Gasteiger partial charge in [0.1, 0.15) is 12.1 Å². The Kier molecular flexibility index (Phi) is 6.02. The van der Waals surface area contributed by atoms with E-state index < -0.39 is 18.4 Å². The third-order valence-corrected chi connectivity index (χ3v) is 5.04. The van der Waals surface area contributed by atoms with Crippen LogP contribution in [0.5, 0.6) is 11.5 Å². The summed E-state index contributed by atoms with van der Waals surface area (Å²) < 4.78 is 40.8. The van der Waals surface area contributed by atoms with Gasteiger partial charge in [-0.2, -0.15) is 5.26 Å². The van der Waals surface area contributed by atoms with Crippen molar-refractivity contribution in [2.45, 2.75) is 31.3 Å². The summed E-state index contributed by atoms with van der Waals surface area (Å²) >= 11 is 0. The van der Waals surface area contributed by atoms with Crippen LogP contribution in [0.1, 0.15) is 12.0 Å². The average Bonchev–Trinajstić information content (AvgIpc) is 2.91. The van der Waals surface area contributed by atoms with Crippen LogP contribution in [0.25, 0.3) is 11.1 Å². The van der Waals surface area contributed by atoms with Gasteiger partial charge in [0.05, 0.1) is 6.07 Å². The van der Waals surface area contributed by atoms with E-state index in [0.29, 0.717) is 25.1 Å². The van der Waals surface area contributed by atoms with E-state index in [1.807, 2.05) is 24.3 Å². The number of hydrogen-bond acceptors (Lipinski definition) is 6. The van der Waals surface area contributed by atoms with Crippen LogP contribution in [-0.4, -0.2) is 44.0 Å². The van der Waals surface area contributed by atoms with E-state index in [-0.39, 0.29) is 17.4 Å². The van der Waals surface area contributed by atoms with Gasteiger partial charge in [-0.15, -0.1) is 8.78 Å². The molecule has 1 saturated heterocycles. The lowest BCUT2D eigenvalue weighted by Gasteiger charge is -2.18. The minimum absolute atomic E-state index is 0.00850. The van der Waals surface area contributed by atoms with E-state index in [1.54, 1.807) is 6.07 Å². The van der Waals surface area contributed by atoms with Gasteiger partial charge < -0.3 is 24.8 Å². The zero-order chi connectivity index (χ0) is 21.8. The van der Waals surface area contributed by atoms with Crippen LogP contribution >= 0.6 is 0 Å². The van der Waals surface area contributed by atoms with Gasteiger partial charge in [-0.25, -0.2) is 0 Å². The molecule has 7 nitrogen and oxygen atoms in total. The van der Waals surface area contributed by atoms with Crippen molar-refractivity contribution in [1.82, 2.24) is 10.6 Å². The zero-order valence-electron chi connectivity index (χ0n) is 16.6. The van der Waals surface area contributed by atoms with E-state index in [9.17, 15) is 18.8 Å². The van der Waals surface area contributed by atoms with Gasteiger partial charge in [0.25, 0.3) is 5.91 Å². The first-order chi connectivity index (χ1) is 14.9. The quantitative estimate of drug-likeness (QED) is 0.759. The second-order valence-corrected chi connectivity index (χ2v) is 7.34. The molecule has 9 heteroatoms. The van der Waals surface area contributed by atoms with Crippen molar-refractivity contribution >= 4 is 5.91 Å². The number of nitrogens with zero attached hydrogens (tertiary/aromatic N) is 1. The fourth-order valence-corrected chi connectivity index (χ4v) is 3.47. The number of carbonyl (C=O) groups excluding carboxylic acids is 1. The Labute approximate surface area is 177 Å². The maximum atomic E-state index is 13.2. The molecule has 0 unspecified atom stereocenters. The largest absolute Gasteiger partial charge is 0.586 e. The molecule has 0 saturated carbocycles. The van der Waals surface area contributed by atoms with Gasteiger partial charge in [0.15, 0.2) is 11.5 Å². The molecule has 2 aromatic carbocycles. The van der Waals surface area contributed by atoms with E-state index in [2.05, 4.69) is 26.2 Å². The summed E-state index contributed by atoms with van der Waals surface area (Å²) in [7, 11) is 0. The predicted molar refractivity (Wildman–Crippen MR) is 107 cm³/mol. The molecule has 0 bridgehead atoms. The normalized spacial score (nSPS) is 20.4. The number of fused-ring (bicyclic) bond motifs is 1. The number of benzene rings is 2. The van der Waals surface area contributed by atoms with Gasteiger partial charge in [0, 0.05) is 19.6 Å². The van der Waals surface area contributed by atoms with Gasteiger partial charge >= 0.3 is 6.29 Å². The Morgan fingerprint density at radius 1 is 1.19 bits per heavy atom. The lowest BCUT2D eigenvalue weighted by atomic mass is 10.0. The number of nitriles is 1. The average molecular weight is 429 g/mol. The second kappa shape index (κ2) is 8.88. The van der Waals surface area contributed by atoms with Crippen LogP contribution in [0.2, 0.25) is 0 Å². The molecule has 0 aliphatic carbocycles. The number of alkyl halides is 2. The molecule has 2 aliphatic rings. The molecule has 2 heterocycles. The summed E-state index contributed by atoms with van der Waals surface area (Å²) in [4.78, 5) is 12.4. The molecule has 2 aliphatic heterocycles. The van der Waals surface area contributed by atoms with E-state index >= 15 is 0 Å². The lowest BCUT2D eigenvalue weighted by Crippen LogP contribution is -2.46. The molecule has 2 aromatic rings. The molecular weight excluding hydrogens is 408 g/mol. The number of carbonyl (C=O) groups is 1. The highest BCUT2D eigenvalue weighted by Gasteiger charge is 2.43. The van der Waals surface area contributed by atoms with Crippen LogP contribution in [-0.2, 0) is 16.0 Å². The third-order valence-electron chi connectivity index (χ3n) is 5.04. The summed E-state index contributed by atoms with van der Waals surface area (Å²) in [6.07, 6.45) is -3.10. The number of halogens is 2. The first kappa shape index (κ1) is 21.0. The minimum Gasteiger partial charge on any atom is -0.395 e. The second-order valence-electron chi connectivity index (χ2n) is 7.34. The lowest BCUT2D eigenvalue weighted by molar-refractivity contribution is -0.286. The topological polar surface area (TPSA) is 92.6 Å². The van der Waals surface area contributed by atoms with Gasteiger partial charge in [0.2, 0.25) is 0 Å². The maximum absolute atomic E-state index is 13.2. The molecule has 4 rings (SSSR count). The van der Waals surface area contributed by atoms with E-state index in [0.717, 1.165) is 24.1 Å². The monoisotopic (exact) mass is 429 g/mol. The zero-order valence-corrected chi connectivity index (χ0v) is 16.6. The Morgan fingerprint density at radius 3 is 2.71 bits per heavy atom. The summed E-state index contributed by atoms with van der Waals surface area (Å²) in [5, 5.41) is 15.3. The Morgan fingerprint density at radius 2 is 1.94 bits per heavy atom. The molecule has 2 N–H and O–H groups in total. The van der Waals surface area contributed by atoms with Crippen molar-refractivity contribution in [3.8, 4) is 28.7 Å². The van der Waals surface area contributed by atoms with Crippen molar-refractivity contribution in [1.29, 1.82) is 5.26 Å². The van der Waals surface area contributed by atoms with Crippen molar-refractivity contribution in [2.75, 3.05) is 19.7 Å². The van der Waals surface area contributed by atoms with E-state index in [1.165, 1.54) is 12.1 Å². The highest BCUT2D eigenvalue weighted by Crippen LogP contribution is 2.42. The molecule has 0 radical (unpaired) electrons. The number of ether oxygens (including phenoxy) is 3. The molecule has 1 amide bonds. The van der Waals surface area contributed by atoms with Crippen LogP contribution in [0, 0.1) is 11.3 Å². The van der Waals surface area contributed by atoms with Crippen LogP contribution < -0.4 is 20.1 Å². The summed E-state index contributed by atoms with van der Waals surface area (Å²) in [6, 6.07) is 13.3. The molecule has 0 aromatic heterocycles. The fourth-order valence-electron chi connectivity index (χ4n) is 3.47. The predicted octanol–water partition coefficient (Wildman–Crippen LogP) is 2.60. The summed E-state index contributed by atoms with van der Waals surface area (Å²) in [6.45, 7) is 1.71. The number of amides is 1. The summed E-state index contributed by atoms with van der Waals surface area (Å²) in [5.74, 6) is -0.338. The Balaban J connectivity index is 1.39. The highest BCUT2D eigenvalue weighted by atomic mass is 19.3. The van der Waals surface area contributed by atoms with Crippen molar-refractivity contribution < 1.29 is 27.8 Å². The molecule has 162 valence electrons. The minimum atomic E-state index is -3.65. The smallest absolute Gasteiger partial charge is 0.395 e. The van der Waals surface area contributed by atoms with Gasteiger partial charge in [-0.05, 0) is 41.8 Å². The molecule has 31 heavy (non-hydrogen) atoms. The SMILES string of the molecule is N#C[C@H](Cc1ccc(-c2ccc3c(c2)OC(F)(F)O3)cc1)NC(=O)[C@@H]1CNCCCO1. The molecule has 1 fully saturated rings. The van der Waals surface area contributed by atoms with Crippen LogP contribution in [0.4, 0.5) is 8.78 Å². The summed E-state index contributed by atoms with van der Waals surface area (Å²) in [5.41, 5.74) is 2.33. The molecular formula is C22H21F2N3O4. The first-order valence-corrected chi connectivity index (χ1v) is 9.95. The number of nitrogens with one attached hydrogen (secondary N) is 2. The van der Waals surface area contributed by atoms with Gasteiger partial charge in [-0.3, -0.25) is 4.79 Å². The van der Waals surface area contributed by atoms with Crippen molar-refractivity contribution in [3.05, 3.63) is 48.0 Å². The van der Waals surface area contributed by atoms with Crippen molar-refractivity contribution in [3.63, 3.8) is 0 Å². The Hall–Kier alpha value is -3.22. The number of hydrogen-bond donors (Lipinski definition) is 2. The maximum Gasteiger partial charge on any atom is 0.586 e. The van der Waals surface area contributed by atoms with Crippen molar-refractivity contribution in [2.24, 2.45) is 0 Å². The van der Waals surface area contributed by atoms with E-state index in [4.69, 9.17) is 4.74 Å². The Bertz CT molecular complexity index is 983. The highest BCUT2D eigenvalue weighted by molar-refractivity contribution is 5.81. The fraction of sp³-hybridized carbons (Fsp3) is 0.364. The molecule has 0 spiro atoms. The first-order valence-electron chi connectivity index (χ1n) is 9.95. The number of rotatable bonds is 5. The van der Waals surface area contributed by atoms with Crippen LogP contribution in [0.3, 0.4) is 0 Å².